The first-order valence-electron chi connectivity index (χ1n) is 13.3. The Hall–Kier alpha value is -1.75. The average Bonchev–Trinajstić information content (AvgIpc) is 3.32. The summed E-state index contributed by atoms with van der Waals surface area (Å²) in [4.78, 5) is 13.6. The van der Waals surface area contributed by atoms with Gasteiger partial charge in [0.15, 0.2) is 5.78 Å². The first-order valence-corrected chi connectivity index (χ1v) is 13.3. The Labute approximate surface area is 197 Å². The summed E-state index contributed by atoms with van der Waals surface area (Å²) < 4.78 is 1.82. The van der Waals surface area contributed by atoms with Crippen molar-refractivity contribution in [2.24, 2.45) is 40.9 Å². The lowest BCUT2D eigenvalue weighted by molar-refractivity contribution is -0.133. The molecule has 1 aromatic carbocycles. The van der Waals surface area contributed by atoms with Crippen LogP contribution < -0.4 is 0 Å². The molecular weight excluding hydrogens is 410 g/mol. The molecule has 4 saturated carbocycles. The molecule has 1 heterocycles. The molecule has 33 heavy (non-hydrogen) atoms. The van der Waals surface area contributed by atoms with E-state index in [4.69, 9.17) is 0 Å². The number of benzene rings is 1. The summed E-state index contributed by atoms with van der Waals surface area (Å²) in [5, 5.41) is 19.3. The highest BCUT2D eigenvalue weighted by Crippen LogP contribution is 2.64. The second-order valence-corrected chi connectivity index (χ2v) is 12.6. The van der Waals surface area contributed by atoms with Crippen LogP contribution >= 0.6 is 0 Å². The molecule has 0 radical (unpaired) electrons. The Morgan fingerprint density at radius 3 is 2.73 bits per heavy atom. The number of hydrogen-bond donors (Lipinski definition) is 1. The Bertz CT molecular complexity index is 1070. The van der Waals surface area contributed by atoms with Crippen molar-refractivity contribution in [1.29, 1.82) is 0 Å². The van der Waals surface area contributed by atoms with Gasteiger partial charge in [-0.05, 0) is 124 Å². The SMILES string of the molecule is Cc1ccc2c(c1)nnn2CC(=O)[C@H]1CC[C@H]2[C@@H]3CC[C@@H]4C[C@](C)(O)CC[C@@H]4[C@H]3CC[C@]12C. The predicted octanol–water partition coefficient (Wildman–Crippen LogP) is 5.33. The molecule has 178 valence electrons. The van der Waals surface area contributed by atoms with Crippen molar-refractivity contribution in [3.63, 3.8) is 0 Å². The van der Waals surface area contributed by atoms with Gasteiger partial charge in [0.2, 0.25) is 0 Å². The van der Waals surface area contributed by atoms with E-state index in [1.807, 2.05) is 23.7 Å². The highest BCUT2D eigenvalue weighted by Gasteiger charge is 2.58. The molecule has 5 nitrogen and oxygen atoms in total. The van der Waals surface area contributed by atoms with E-state index >= 15 is 0 Å². The number of hydrogen-bond acceptors (Lipinski definition) is 4. The summed E-state index contributed by atoms with van der Waals surface area (Å²) in [6, 6.07) is 6.16. The second-order valence-electron chi connectivity index (χ2n) is 12.6. The molecule has 1 N–H and O–H groups in total. The smallest absolute Gasteiger partial charge is 0.157 e. The summed E-state index contributed by atoms with van der Waals surface area (Å²) in [6.45, 7) is 6.88. The van der Waals surface area contributed by atoms with Crippen molar-refractivity contribution in [2.45, 2.75) is 90.7 Å². The van der Waals surface area contributed by atoms with Crippen molar-refractivity contribution >= 4 is 16.8 Å². The third kappa shape index (κ3) is 3.48. The van der Waals surface area contributed by atoms with Crippen LogP contribution in [-0.4, -0.2) is 31.5 Å². The van der Waals surface area contributed by atoms with Crippen molar-refractivity contribution in [3.05, 3.63) is 23.8 Å². The number of carbonyl (C=O) groups is 1. The second kappa shape index (κ2) is 7.63. The molecule has 1 aromatic heterocycles. The van der Waals surface area contributed by atoms with E-state index in [1.165, 1.54) is 44.1 Å². The van der Waals surface area contributed by atoms with Gasteiger partial charge in [-0.2, -0.15) is 0 Å². The number of fused-ring (bicyclic) bond motifs is 6. The monoisotopic (exact) mass is 449 g/mol. The van der Waals surface area contributed by atoms with Gasteiger partial charge in [-0.25, -0.2) is 4.68 Å². The highest BCUT2D eigenvalue weighted by atomic mass is 16.3. The van der Waals surface area contributed by atoms with E-state index in [2.05, 4.69) is 30.2 Å². The predicted molar refractivity (Wildman–Crippen MR) is 128 cm³/mol. The molecule has 2 aromatic rings. The van der Waals surface area contributed by atoms with Crippen LogP contribution in [0.25, 0.3) is 11.0 Å². The molecule has 0 bridgehead atoms. The van der Waals surface area contributed by atoms with E-state index in [9.17, 15) is 9.90 Å². The molecule has 0 saturated heterocycles. The van der Waals surface area contributed by atoms with Crippen molar-refractivity contribution in [2.75, 3.05) is 0 Å². The molecule has 0 amide bonds. The molecule has 6 rings (SSSR count). The molecule has 4 aliphatic carbocycles. The largest absolute Gasteiger partial charge is 0.390 e. The Morgan fingerprint density at radius 2 is 1.88 bits per heavy atom. The number of aryl methyl sites for hydroxylation is 1. The highest BCUT2D eigenvalue weighted by molar-refractivity contribution is 5.84. The zero-order chi connectivity index (χ0) is 23.0. The quantitative estimate of drug-likeness (QED) is 0.688. The standard InChI is InChI=1S/C28H39N3O2/c1-17-4-9-25-24(14-17)29-30-31(25)16-26(32)23-8-7-22-21-6-5-18-15-27(2,33)12-10-19(18)20(21)11-13-28(22,23)3/h4,9,14,18-23,33H,5-8,10-13,15-16H2,1-3H3/t18-,19+,20-,21-,22+,23-,27-,28+/m1/s1. The zero-order valence-corrected chi connectivity index (χ0v) is 20.5. The maximum atomic E-state index is 13.6. The van der Waals surface area contributed by atoms with E-state index in [1.54, 1.807) is 0 Å². The molecule has 8 atom stereocenters. The summed E-state index contributed by atoms with van der Waals surface area (Å²) in [5.74, 6) is 4.29. The number of aromatic nitrogens is 3. The lowest BCUT2D eigenvalue weighted by atomic mass is 9.49. The van der Waals surface area contributed by atoms with Gasteiger partial charge in [-0.3, -0.25) is 4.79 Å². The normalized spacial score (nSPS) is 42.5. The molecule has 5 heteroatoms. The minimum atomic E-state index is -0.452. The molecule has 4 fully saturated rings. The molecule has 0 spiro atoms. The van der Waals surface area contributed by atoms with Crippen LogP contribution in [0, 0.1) is 47.8 Å². The van der Waals surface area contributed by atoms with Crippen LogP contribution in [0.3, 0.4) is 0 Å². The summed E-state index contributed by atoms with van der Waals surface area (Å²) in [6.07, 6.45) is 10.4. The van der Waals surface area contributed by atoms with Crippen LogP contribution in [0.2, 0.25) is 0 Å². The summed E-state index contributed by atoms with van der Waals surface area (Å²) in [5.41, 5.74) is 2.69. The van der Waals surface area contributed by atoms with Crippen LogP contribution in [0.4, 0.5) is 0 Å². The molecule has 4 aliphatic rings. The topological polar surface area (TPSA) is 68.0 Å². The molecular formula is C28H39N3O2. The zero-order valence-electron chi connectivity index (χ0n) is 20.5. The van der Waals surface area contributed by atoms with Crippen molar-refractivity contribution in [1.82, 2.24) is 15.0 Å². The van der Waals surface area contributed by atoms with Crippen molar-refractivity contribution in [3.8, 4) is 0 Å². The van der Waals surface area contributed by atoms with Crippen LogP contribution in [-0.2, 0) is 11.3 Å². The van der Waals surface area contributed by atoms with E-state index in [0.717, 1.165) is 48.0 Å². The minimum Gasteiger partial charge on any atom is -0.390 e. The van der Waals surface area contributed by atoms with Gasteiger partial charge < -0.3 is 5.11 Å². The molecule has 0 unspecified atom stereocenters. The van der Waals surface area contributed by atoms with E-state index in [-0.39, 0.29) is 11.3 Å². The summed E-state index contributed by atoms with van der Waals surface area (Å²) in [7, 11) is 0. The van der Waals surface area contributed by atoms with Crippen molar-refractivity contribution < 1.29 is 9.90 Å². The van der Waals surface area contributed by atoms with Gasteiger partial charge in [-0.15, -0.1) is 5.10 Å². The minimum absolute atomic E-state index is 0.137. The fourth-order valence-electron chi connectivity index (χ4n) is 9.07. The van der Waals surface area contributed by atoms with Crippen LogP contribution in [0.15, 0.2) is 18.2 Å². The summed E-state index contributed by atoms with van der Waals surface area (Å²) >= 11 is 0. The lowest BCUT2D eigenvalue weighted by Gasteiger charge is -2.56. The number of aliphatic hydroxyl groups is 1. The van der Waals surface area contributed by atoms with Crippen LogP contribution in [0.5, 0.6) is 0 Å². The maximum absolute atomic E-state index is 13.6. The number of ketones is 1. The van der Waals surface area contributed by atoms with Gasteiger partial charge in [0.25, 0.3) is 0 Å². The number of nitrogens with zero attached hydrogens (tertiary/aromatic N) is 3. The number of carbonyl (C=O) groups excluding carboxylic acids is 1. The molecule has 0 aliphatic heterocycles. The third-order valence-electron chi connectivity index (χ3n) is 10.6. The van der Waals surface area contributed by atoms with Gasteiger partial charge in [0, 0.05) is 5.92 Å². The van der Waals surface area contributed by atoms with E-state index < -0.39 is 5.60 Å². The number of Topliss-reactive ketones (excluding diaryl/α,β-unsaturated/α-hetero) is 1. The van der Waals surface area contributed by atoms with Gasteiger partial charge in [-0.1, -0.05) is 18.2 Å². The third-order valence-corrected chi connectivity index (χ3v) is 10.6. The fourth-order valence-corrected chi connectivity index (χ4v) is 9.07. The fraction of sp³-hybridized carbons (Fsp3) is 0.750. The van der Waals surface area contributed by atoms with Gasteiger partial charge in [0.1, 0.15) is 12.1 Å². The average molecular weight is 450 g/mol. The Morgan fingerprint density at radius 1 is 1.06 bits per heavy atom. The lowest BCUT2D eigenvalue weighted by Crippen LogP contribution is -2.51. The first-order chi connectivity index (χ1) is 15.7. The van der Waals surface area contributed by atoms with Gasteiger partial charge >= 0.3 is 0 Å². The Kier molecular flexibility index (Phi) is 5.03. The first kappa shape index (κ1) is 21.8. The van der Waals surface area contributed by atoms with E-state index in [0.29, 0.717) is 24.2 Å². The van der Waals surface area contributed by atoms with Crippen LogP contribution in [0.1, 0.15) is 77.2 Å². The van der Waals surface area contributed by atoms with Gasteiger partial charge in [0.05, 0.1) is 11.1 Å². The Balaban J connectivity index is 1.19. The number of rotatable bonds is 3. The maximum Gasteiger partial charge on any atom is 0.157 e.